The number of aromatic nitrogens is 2. The summed E-state index contributed by atoms with van der Waals surface area (Å²) in [5.41, 5.74) is 5.64. The molecule has 4 aromatic rings. The van der Waals surface area contributed by atoms with Crippen LogP contribution in [0.5, 0.6) is 5.75 Å². The Balaban J connectivity index is 1.41. The lowest BCUT2D eigenvalue weighted by Gasteiger charge is -2.10. The monoisotopic (exact) mass is 395 g/mol. The van der Waals surface area contributed by atoms with Crippen LogP contribution in [0.3, 0.4) is 0 Å². The molecule has 1 aliphatic heterocycles. The van der Waals surface area contributed by atoms with Crippen LogP contribution in [0.25, 0.3) is 34.2 Å². The number of nitrogens with one attached hydrogen (secondary N) is 2. The SMILES string of the molecule is COc1ccc2cc(C=Cc3cc(-c4cc5c([nH]4)CCNC5=O)ccn3)ccc2c1. The zero-order chi connectivity index (χ0) is 20.5. The Bertz CT molecular complexity index is 1290. The third kappa shape index (κ3) is 3.46. The first-order valence-electron chi connectivity index (χ1n) is 9.92. The molecule has 0 unspecified atom stereocenters. The second-order valence-corrected chi connectivity index (χ2v) is 7.36. The molecule has 0 radical (unpaired) electrons. The summed E-state index contributed by atoms with van der Waals surface area (Å²) >= 11 is 0. The first-order valence-corrected chi connectivity index (χ1v) is 9.92. The molecule has 1 amide bonds. The number of carbonyl (C=O) groups excluding carboxylic acids is 1. The number of benzene rings is 2. The van der Waals surface area contributed by atoms with Crippen molar-refractivity contribution in [2.45, 2.75) is 6.42 Å². The summed E-state index contributed by atoms with van der Waals surface area (Å²) in [5, 5.41) is 5.19. The maximum Gasteiger partial charge on any atom is 0.253 e. The lowest BCUT2D eigenvalue weighted by molar-refractivity contribution is 0.0946. The summed E-state index contributed by atoms with van der Waals surface area (Å²) in [7, 11) is 1.68. The second-order valence-electron chi connectivity index (χ2n) is 7.36. The lowest BCUT2D eigenvalue weighted by Crippen LogP contribution is -2.31. The van der Waals surface area contributed by atoms with Gasteiger partial charge in [-0.1, -0.05) is 24.3 Å². The van der Waals surface area contributed by atoms with E-state index in [9.17, 15) is 4.79 Å². The van der Waals surface area contributed by atoms with Crippen LogP contribution >= 0.6 is 0 Å². The van der Waals surface area contributed by atoms with E-state index in [2.05, 4.69) is 45.6 Å². The minimum absolute atomic E-state index is 0.0122. The molecule has 30 heavy (non-hydrogen) atoms. The number of rotatable bonds is 4. The highest BCUT2D eigenvalue weighted by Gasteiger charge is 2.19. The fraction of sp³-hybridized carbons (Fsp3) is 0.120. The van der Waals surface area contributed by atoms with E-state index in [1.54, 1.807) is 13.3 Å². The van der Waals surface area contributed by atoms with Crippen molar-refractivity contribution in [1.29, 1.82) is 0 Å². The van der Waals surface area contributed by atoms with Crippen molar-refractivity contribution in [1.82, 2.24) is 15.3 Å². The number of amides is 1. The Hall–Kier alpha value is -3.86. The van der Waals surface area contributed by atoms with Crippen LogP contribution in [0.15, 0.2) is 60.8 Å². The molecule has 0 atom stereocenters. The van der Waals surface area contributed by atoms with Crippen LogP contribution in [-0.2, 0) is 6.42 Å². The minimum Gasteiger partial charge on any atom is -0.497 e. The topological polar surface area (TPSA) is 67.0 Å². The Kier molecular flexibility index (Phi) is 4.56. The molecule has 148 valence electrons. The summed E-state index contributed by atoms with van der Waals surface area (Å²) in [6.45, 7) is 0.675. The zero-order valence-electron chi connectivity index (χ0n) is 16.6. The quantitative estimate of drug-likeness (QED) is 0.527. The van der Waals surface area contributed by atoms with Gasteiger partial charge in [-0.2, -0.15) is 0 Å². The van der Waals surface area contributed by atoms with Crippen molar-refractivity contribution in [2.75, 3.05) is 13.7 Å². The van der Waals surface area contributed by atoms with E-state index >= 15 is 0 Å². The number of methoxy groups -OCH3 is 1. The first-order chi connectivity index (χ1) is 14.7. The predicted molar refractivity (Wildman–Crippen MR) is 119 cm³/mol. The van der Waals surface area contributed by atoms with Crippen LogP contribution in [0.4, 0.5) is 0 Å². The largest absolute Gasteiger partial charge is 0.497 e. The van der Waals surface area contributed by atoms with Gasteiger partial charge in [-0.05, 0) is 58.8 Å². The molecule has 0 saturated heterocycles. The number of carbonyl (C=O) groups is 1. The van der Waals surface area contributed by atoms with Gasteiger partial charge in [0, 0.05) is 36.1 Å². The molecular formula is C25H21N3O2. The Labute approximate surface area is 174 Å². The molecule has 3 heterocycles. The van der Waals surface area contributed by atoms with Gasteiger partial charge in [0.2, 0.25) is 0 Å². The molecule has 5 rings (SSSR count). The Morgan fingerprint density at radius 2 is 1.87 bits per heavy atom. The fourth-order valence-electron chi connectivity index (χ4n) is 3.81. The van der Waals surface area contributed by atoms with Gasteiger partial charge in [-0.15, -0.1) is 0 Å². The number of hydrogen-bond donors (Lipinski definition) is 2. The van der Waals surface area contributed by atoms with Gasteiger partial charge in [0.05, 0.1) is 18.4 Å². The smallest absolute Gasteiger partial charge is 0.253 e. The van der Waals surface area contributed by atoms with Crippen molar-refractivity contribution >= 4 is 28.8 Å². The molecule has 2 aromatic heterocycles. The van der Waals surface area contributed by atoms with Crippen molar-refractivity contribution < 1.29 is 9.53 Å². The number of fused-ring (bicyclic) bond motifs is 2. The van der Waals surface area contributed by atoms with Crippen LogP contribution in [0.2, 0.25) is 0 Å². The average Bonchev–Trinajstić information content (AvgIpc) is 3.23. The van der Waals surface area contributed by atoms with Crippen molar-refractivity contribution in [3.63, 3.8) is 0 Å². The van der Waals surface area contributed by atoms with E-state index in [0.717, 1.165) is 56.7 Å². The number of aromatic amines is 1. The molecule has 5 heteroatoms. The standard InChI is InChI=1S/C25H21N3O2/c1-30-21-7-5-17-12-16(2-4-18(17)14-21)3-6-20-13-19(8-10-26-20)24-15-22-23(28-24)9-11-27-25(22)29/h2-8,10,12-15,28H,9,11H2,1H3,(H,27,29). The molecule has 0 spiro atoms. The van der Waals surface area contributed by atoms with E-state index in [1.165, 1.54) is 0 Å². The van der Waals surface area contributed by atoms with E-state index in [-0.39, 0.29) is 5.91 Å². The maximum atomic E-state index is 12.0. The Morgan fingerprint density at radius 3 is 2.73 bits per heavy atom. The number of nitrogens with zero attached hydrogens (tertiary/aromatic N) is 1. The molecular weight excluding hydrogens is 374 g/mol. The summed E-state index contributed by atoms with van der Waals surface area (Å²) in [6.07, 6.45) is 6.68. The second kappa shape index (κ2) is 7.52. The van der Waals surface area contributed by atoms with Crippen molar-refractivity contribution in [3.05, 3.63) is 83.3 Å². The van der Waals surface area contributed by atoms with Gasteiger partial charge < -0.3 is 15.0 Å². The van der Waals surface area contributed by atoms with Crippen LogP contribution in [0.1, 0.15) is 27.3 Å². The molecule has 0 fully saturated rings. The van der Waals surface area contributed by atoms with Gasteiger partial charge >= 0.3 is 0 Å². The number of hydrogen-bond acceptors (Lipinski definition) is 3. The third-order valence-corrected chi connectivity index (χ3v) is 5.41. The van der Waals surface area contributed by atoms with Crippen LogP contribution < -0.4 is 10.1 Å². The van der Waals surface area contributed by atoms with Crippen molar-refractivity contribution in [2.24, 2.45) is 0 Å². The maximum absolute atomic E-state index is 12.0. The molecule has 2 N–H and O–H groups in total. The highest BCUT2D eigenvalue weighted by molar-refractivity contribution is 5.97. The number of H-pyrrole nitrogens is 1. The summed E-state index contributed by atoms with van der Waals surface area (Å²) in [4.78, 5) is 19.9. The van der Waals surface area contributed by atoms with E-state index in [0.29, 0.717) is 6.54 Å². The minimum atomic E-state index is -0.0122. The summed E-state index contributed by atoms with van der Waals surface area (Å²) in [6, 6.07) is 18.3. The van der Waals surface area contributed by atoms with E-state index < -0.39 is 0 Å². The van der Waals surface area contributed by atoms with E-state index in [4.69, 9.17) is 4.74 Å². The zero-order valence-corrected chi connectivity index (χ0v) is 16.6. The number of ether oxygens (including phenoxy) is 1. The van der Waals surface area contributed by atoms with Crippen molar-refractivity contribution in [3.8, 4) is 17.0 Å². The lowest BCUT2D eigenvalue weighted by atomic mass is 10.1. The van der Waals surface area contributed by atoms with Gasteiger partial charge in [0.1, 0.15) is 5.75 Å². The summed E-state index contributed by atoms with van der Waals surface area (Å²) < 4.78 is 5.29. The van der Waals surface area contributed by atoms with Gasteiger partial charge in [-0.25, -0.2) is 0 Å². The Morgan fingerprint density at radius 1 is 1.00 bits per heavy atom. The average molecular weight is 395 g/mol. The molecule has 0 aliphatic carbocycles. The van der Waals surface area contributed by atoms with Crippen LogP contribution in [0, 0.1) is 0 Å². The predicted octanol–water partition coefficient (Wildman–Crippen LogP) is 4.69. The van der Waals surface area contributed by atoms with Gasteiger partial charge in [0.25, 0.3) is 5.91 Å². The van der Waals surface area contributed by atoms with Crippen LogP contribution in [-0.4, -0.2) is 29.5 Å². The number of pyridine rings is 1. The van der Waals surface area contributed by atoms with Gasteiger partial charge in [0.15, 0.2) is 0 Å². The summed E-state index contributed by atoms with van der Waals surface area (Å²) in [5.74, 6) is 0.845. The molecule has 5 nitrogen and oxygen atoms in total. The fourth-order valence-corrected chi connectivity index (χ4v) is 3.81. The highest BCUT2D eigenvalue weighted by Crippen LogP contribution is 2.25. The molecule has 2 aromatic carbocycles. The van der Waals surface area contributed by atoms with E-state index in [1.807, 2.05) is 36.4 Å². The normalized spacial score (nSPS) is 13.4. The molecule has 1 aliphatic rings. The highest BCUT2D eigenvalue weighted by atomic mass is 16.5. The molecule has 0 bridgehead atoms. The third-order valence-electron chi connectivity index (χ3n) is 5.41. The first kappa shape index (κ1) is 18.2. The molecule has 0 saturated carbocycles. The van der Waals surface area contributed by atoms with Gasteiger partial charge in [-0.3, -0.25) is 9.78 Å².